The van der Waals surface area contributed by atoms with E-state index in [1.807, 2.05) is 6.92 Å². The Hall–Kier alpha value is -1.49. The van der Waals surface area contributed by atoms with Crippen molar-refractivity contribution in [2.75, 3.05) is 7.05 Å². The second kappa shape index (κ2) is 5.91. The summed E-state index contributed by atoms with van der Waals surface area (Å²) in [7, 11) is 1.69. The van der Waals surface area contributed by atoms with Crippen LogP contribution in [-0.4, -0.2) is 28.9 Å². The van der Waals surface area contributed by atoms with Crippen molar-refractivity contribution in [3.8, 4) is 0 Å². The lowest BCUT2D eigenvalue weighted by Crippen LogP contribution is -2.37. The SMILES string of the molecule is Cc1cc(F)ccc1C(=O)N(C)C(C)CC(N)=S. The van der Waals surface area contributed by atoms with Crippen LogP contribution in [-0.2, 0) is 0 Å². The third-order valence-corrected chi connectivity index (χ3v) is 3.06. The first-order chi connectivity index (χ1) is 8.32. The van der Waals surface area contributed by atoms with Crippen molar-refractivity contribution in [1.82, 2.24) is 4.90 Å². The second-order valence-electron chi connectivity index (χ2n) is 4.39. The standard InChI is InChI=1S/C13H17FN2OS/c1-8-6-10(14)4-5-11(8)13(17)16(3)9(2)7-12(15)18/h4-6,9H,7H2,1-3H3,(H2,15,18). The second-order valence-corrected chi connectivity index (χ2v) is 4.92. The number of nitrogens with zero attached hydrogens (tertiary/aromatic N) is 1. The summed E-state index contributed by atoms with van der Waals surface area (Å²) in [4.78, 5) is 14.2. The van der Waals surface area contributed by atoms with Gasteiger partial charge in [0.2, 0.25) is 0 Å². The smallest absolute Gasteiger partial charge is 0.254 e. The molecule has 1 amide bonds. The lowest BCUT2D eigenvalue weighted by atomic mass is 10.1. The number of hydrogen-bond donors (Lipinski definition) is 1. The normalized spacial score (nSPS) is 12.0. The van der Waals surface area contributed by atoms with Gasteiger partial charge in [-0.15, -0.1) is 0 Å². The highest BCUT2D eigenvalue weighted by Gasteiger charge is 2.19. The van der Waals surface area contributed by atoms with Gasteiger partial charge in [-0.25, -0.2) is 4.39 Å². The van der Waals surface area contributed by atoms with Gasteiger partial charge in [0, 0.05) is 25.1 Å². The fourth-order valence-corrected chi connectivity index (χ4v) is 1.93. The summed E-state index contributed by atoms with van der Waals surface area (Å²) >= 11 is 4.83. The highest BCUT2D eigenvalue weighted by molar-refractivity contribution is 7.80. The molecule has 0 fully saturated rings. The molecule has 1 rings (SSSR count). The monoisotopic (exact) mass is 268 g/mol. The van der Waals surface area contributed by atoms with Crippen LogP contribution in [0.15, 0.2) is 18.2 Å². The Kier molecular flexibility index (Phi) is 4.78. The quantitative estimate of drug-likeness (QED) is 0.852. The maximum Gasteiger partial charge on any atom is 0.254 e. The Labute approximate surface area is 112 Å². The number of carbonyl (C=O) groups excluding carboxylic acids is 1. The van der Waals surface area contributed by atoms with Crippen LogP contribution >= 0.6 is 12.2 Å². The van der Waals surface area contributed by atoms with Gasteiger partial charge in [0.05, 0.1) is 4.99 Å². The first kappa shape index (κ1) is 14.6. The minimum Gasteiger partial charge on any atom is -0.393 e. The van der Waals surface area contributed by atoms with Crippen molar-refractivity contribution in [3.05, 3.63) is 35.1 Å². The highest BCUT2D eigenvalue weighted by Crippen LogP contribution is 2.14. The van der Waals surface area contributed by atoms with E-state index in [-0.39, 0.29) is 17.8 Å². The van der Waals surface area contributed by atoms with Crippen LogP contribution in [0.2, 0.25) is 0 Å². The summed E-state index contributed by atoms with van der Waals surface area (Å²) in [5.74, 6) is -0.501. The van der Waals surface area contributed by atoms with Crippen molar-refractivity contribution in [2.45, 2.75) is 26.3 Å². The average molecular weight is 268 g/mol. The molecule has 0 aliphatic carbocycles. The molecule has 18 heavy (non-hydrogen) atoms. The van der Waals surface area contributed by atoms with Crippen LogP contribution in [0.25, 0.3) is 0 Å². The Balaban J connectivity index is 2.89. The van der Waals surface area contributed by atoms with E-state index in [4.69, 9.17) is 18.0 Å². The summed E-state index contributed by atoms with van der Waals surface area (Å²) in [6, 6.07) is 4.04. The minimum absolute atomic E-state index is 0.0838. The molecule has 0 radical (unpaired) electrons. The van der Waals surface area contributed by atoms with E-state index in [2.05, 4.69) is 0 Å². The Morgan fingerprint density at radius 1 is 1.56 bits per heavy atom. The molecule has 1 aromatic rings. The zero-order chi connectivity index (χ0) is 13.9. The molecule has 1 aromatic carbocycles. The molecule has 1 unspecified atom stereocenters. The number of aryl methyl sites for hydroxylation is 1. The maximum atomic E-state index is 13.0. The first-order valence-corrected chi connectivity index (χ1v) is 6.05. The average Bonchev–Trinajstić information content (AvgIpc) is 2.26. The van der Waals surface area contributed by atoms with Gasteiger partial charge in [0.25, 0.3) is 5.91 Å². The fourth-order valence-electron chi connectivity index (χ4n) is 1.69. The highest BCUT2D eigenvalue weighted by atomic mass is 32.1. The van der Waals surface area contributed by atoms with Gasteiger partial charge in [0.15, 0.2) is 0 Å². The van der Waals surface area contributed by atoms with Gasteiger partial charge in [-0.2, -0.15) is 0 Å². The molecule has 0 heterocycles. The van der Waals surface area contributed by atoms with Crippen LogP contribution < -0.4 is 5.73 Å². The number of hydrogen-bond acceptors (Lipinski definition) is 2. The maximum absolute atomic E-state index is 13.0. The number of nitrogens with two attached hydrogens (primary N) is 1. The van der Waals surface area contributed by atoms with E-state index >= 15 is 0 Å². The molecule has 0 aromatic heterocycles. The molecule has 0 aliphatic heterocycles. The number of benzene rings is 1. The van der Waals surface area contributed by atoms with Gasteiger partial charge in [0.1, 0.15) is 5.82 Å². The predicted molar refractivity (Wildman–Crippen MR) is 74.1 cm³/mol. The van der Waals surface area contributed by atoms with Crippen molar-refractivity contribution < 1.29 is 9.18 Å². The Morgan fingerprint density at radius 3 is 2.67 bits per heavy atom. The van der Waals surface area contributed by atoms with Crippen LogP contribution in [0.5, 0.6) is 0 Å². The van der Waals surface area contributed by atoms with Gasteiger partial charge in [-0.1, -0.05) is 12.2 Å². The molecule has 0 saturated carbocycles. The zero-order valence-electron chi connectivity index (χ0n) is 10.7. The molecule has 0 bridgehead atoms. The molecular formula is C13H17FN2OS. The van der Waals surface area contributed by atoms with E-state index in [0.29, 0.717) is 22.5 Å². The summed E-state index contributed by atoms with van der Waals surface area (Å²) in [5.41, 5.74) is 6.58. The van der Waals surface area contributed by atoms with E-state index in [1.54, 1.807) is 18.9 Å². The molecule has 0 saturated heterocycles. The van der Waals surface area contributed by atoms with E-state index in [9.17, 15) is 9.18 Å². The van der Waals surface area contributed by atoms with Gasteiger partial charge < -0.3 is 10.6 Å². The van der Waals surface area contributed by atoms with Crippen molar-refractivity contribution in [2.24, 2.45) is 5.73 Å². The molecule has 5 heteroatoms. The van der Waals surface area contributed by atoms with E-state index < -0.39 is 0 Å². The van der Waals surface area contributed by atoms with Crippen LogP contribution in [0.1, 0.15) is 29.3 Å². The van der Waals surface area contributed by atoms with Gasteiger partial charge in [-0.3, -0.25) is 4.79 Å². The van der Waals surface area contributed by atoms with Crippen LogP contribution in [0.3, 0.4) is 0 Å². The van der Waals surface area contributed by atoms with E-state index in [0.717, 1.165) is 0 Å². The third kappa shape index (κ3) is 3.50. The van der Waals surface area contributed by atoms with Gasteiger partial charge >= 0.3 is 0 Å². The Morgan fingerprint density at radius 2 is 2.17 bits per heavy atom. The first-order valence-electron chi connectivity index (χ1n) is 5.64. The van der Waals surface area contributed by atoms with Crippen LogP contribution in [0, 0.1) is 12.7 Å². The molecule has 2 N–H and O–H groups in total. The number of amides is 1. The summed E-state index contributed by atoms with van der Waals surface area (Å²) in [6.45, 7) is 3.58. The van der Waals surface area contributed by atoms with E-state index in [1.165, 1.54) is 18.2 Å². The topological polar surface area (TPSA) is 46.3 Å². The summed E-state index contributed by atoms with van der Waals surface area (Å²) in [5, 5.41) is 0. The molecule has 3 nitrogen and oxygen atoms in total. The summed E-state index contributed by atoms with van der Waals surface area (Å²) in [6.07, 6.45) is 0.470. The Bertz CT molecular complexity index is 476. The largest absolute Gasteiger partial charge is 0.393 e. The number of rotatable bonds is 4. The lowest BCUT2D eigenvalue weighted by Gasteiger charge is -2.25. The predicted octanol–water partition coefficient (Wildman–Crippen LogP) is 2.27. The van der Waals surface area contributed by atoms with Crippen molar-refractivity contribution >= 4 is 23.1 Å². The fraction of sp³-hybridized carbons (Fsp3) is 0.385. The van der Waals surface area contributed by atoms with Gasteiger partial charge in [-0.05, 0) is 37.6 Å². The number of carbonyl (C=O) groups is 1. The lowest BCUT2D eigenvalue weighted by molar-refractivity contribution is 0.0747. The van der Waals surface area contributed by atoms with Crippen LogP contribution in [0.4, 0.5) is 4.39 Å². The molecule has 1 atom stereocenters. The minimum atomic E-state index is -0.345. The molecule has 0 spiro atoms. The number of thiocarbonyl (C=S) groups is 1. The van der Waals surface area contributed by atoms with Crippen molar-refractivity contribution in [1.29, 1.82) is 0 Å². The third-order valence-electron chi connectivity index (χ3n) is 2.90. The van der Waals surface area contributed by atoms with Crippen molar-refractivity contribution in [3.63, 3.8) is 0 Å². The molecule has 0 aliphatic rings. The zero-order valence-corrected chi connectivity index (χ0v) is 11.6. The molecule has 98 valence electrons. The number of halogens is 1. The molecular weight excluding hydrogens is 251 g/mol. The summed E-state index contributed by atoms with van der Waals surface area (Å²) < 4.78 is 13.0.